The van der Waals surface area contributed by atoms with Gasteiger partial charge >= 0.3 is 0 Å². The Morgan fingerprint density at radius 3 is 2.20 bits per heavy atom. The third kappa shape index (κ3) is 5.86. The van der Waals surface area contributed by atoms with E-state index < -0.39 is 0 Å². The van der Waals surface area contributed by atoms with Crippen molar-refractivity contribution >= 4 is 23.9 Å². The largest absolute Gasteiger partial charge is 0.471 e. The van der Waals surface area contributed by atoms with E-state index in [1.807, 2.05) is 6.92 Å². The Morgan fingerprint density at radius 2 is 1.87 bits per heavy atom. The lowest BCUT2D eigenvalue weighted by Crippen LogP contribution is -1.94. The molecule has 82 valence electrons. The maximum absolute atomic E-state index is 11.1. The molecule has 0 saturated heterocycles. The summed E-state index contributed by atoms with van der Waals surface area (Å²) in [5, 5.41) is 0.664. The number of methoxy groups -OCH3 is 1. The Kier molecular flexibility index (Phi) is 7.28. The summed E-state index contributed by atoms with van der Waals surface area (Å²) in [7, 11) is 1.31. The molecule has 0 N–H and O–H groups in total. The highest BCUT2D eigenvalue weighted by molar-refractivity contribution is 6.30. The van der Waals surface area contributed by atoms with E-state index in [1.165, 1.54) is 7.11 Å². The van der Waals surface area contributed by atoms with Gasteiger partial charge in [-0.3, -0.25) is 9.59 Å². The predicted octanol–water partition coefficient (Wildman–Crippen LogP) is 2.72. The average Bonchev–Trinajstić information content (AvgIpc) is 2.29. The fraction of sp³-hybridized carbons (Fsp3) is 0.273. The number of ketones is 1. The van der Waals surface area contributed by atoms with Crippen LogP contribution < -0.4 is 0 Å². The lowest BCUT2D eigenvalue weighted by molar-refractivity contribution is -0.126. The predicted molar refractivity (Wildman–Crippen MR) is 59.1 cm³/mol. The molecule has 4 heteroatoms. The van der Waals surface area contributed by atoms with Crippen LogP contribution in [0.15, 0.2) is 24.3 Å². The van der Waals surface area contributed by atoms with Crippen LogP contribution in [0.2, 0.25) is 5.02 Å². The van der Waals surface area contributed by atoms with Crippen molar-refractivity contribution in [1.29, 1.82) is 0 Å². The minimum Gasteiger partial charge on any atom is -0.471 e. The molecule has 0 aliphatic carbocycles. The van der Waals surface area contributed by atoms with Gasteiger partial charge in [0.1, 0.15) is 0 Å². The van der Waals surface area contributed by atoms with E-state index in [0.717, 1.165) is 5.56 Å². The van der Waals surface area contributed by atoms with Gasteiger partial charge in [0.05, 0.1) is 7.11 Å². The fourth-order valence-electron chi connectivity index (χ4n) is 0.840. The summed E-state index contributed by atoms with van der Waals surface area (Å²) in [5.74, 6) is 0.154. The molecule has 0 spiro atoms. The molecule has 0 aliphatic rings. The number of hydrogen-bond donors (Lipinski definition) is 0. The fourth-order valence-corrected chi connectivity index (χ4v) is 0.966. The van der Waals surface area contributed by atoms with Crippen LogP contribution in [0.4, 0.5) is 0 Å². The maximum atomic E-state index is 11.1. The number of carbonyl (C=O) groups excluding carboxylic acids is 2. The highest BCUT2D eigenvalue weighted by Gasteiger charge is 2.00. The number of ether oxygens (including phenoxy) is 1. The number of hydrogen-bond acceptors (Lipinski definition) is 3. The van der Waals surface area contributed by atoms with Crippen LogP contribution in [0, 0.1) is 0 Å². The van der Waals surface area contributed by atoms with Gasteiger partial charge in [-0.1, -0.05) is 18.5 Å². The van der Waals surface area contributed by atoms with E-state index in [1.54, 1.807) is 24.3 Å². The number of benzene rings is 1. The smallest absolute Gasteiger partial charge is 0.292 e. The molecule has 0 aliphatic heterocycles. The molecule has 3 nitrogen and oxygen atoms in total. The van der Waals surface area contributed by atoms with Crippen LogP contribution in [-0.4, -0.2) is 19.4 Å². The number of halogens is 1. The van der Waals surface area contributed by atoms with Crippen LogP contribution in [-0.2, 0) is 9.53 Å². The van der Waals surface area contributed by atoms with Crippen LogP contribution in [0.3, 0.4) is 0 Å². The molecular weight excluding hydrogens is 216 g/mol. The second kappa shape index (κ2) is 8.00. The van der Waals surface area contributed by atoms with Gasteiger partial charge in [-0.25, -0.2) is 0 Å². The van der Waals surface area contributed by atoms with Crippen molar-refractivity contribution < 1.29 is 14.3 Å². The zero-order chi connectivity index (χ0) is 11.7. The van der Waals surface area contributed by atoms with Gasteiger partial charge in [0.2, 0.25) is 0 Å². The van der Waals surface area contributed by atoms with E-state index >= 15 is 0 Å². The van der Waals surface area contributed by atoms with Gasteiger partial charge in [0, 0.05) is 17.0 Å². The standard InChI is InChI=1S/C9H9ClO.C2H4O2/c1-2-9(11)7-3-5-8(10)6-4-7;1-4-2-3/h3-6H,2H2,1H3;2H,1H3. The third-order valence-corrected chi connectivity index (χ3v) is 1.84. The molecule has 0 bridgehead atoms. The Labute approximate surface area is 94.0 Å². The first-order valence-electron chi connectivity index (χ1n) is 4.40. The van der Waals surface area contributed by atoms with E-state index in [0.29, 0.717) is 17.9 Å². The Balaban J connectivity index is 0.000000423. The molecule has 0 fully saturated rings. The van der Waals surface area contributed by atoms with Gasteiger partial charge in [0.25, 0.3) is 6.47 Å². The van der Waals surface area contributed by atoms with E-state index in [4.69, 9.17) is 16.4 Å². The third-order valence-electron chi connectivity index (χ3n) is 1.58. The summed E-state index contributed by atoms with van der Waals surface area (Å²) < 4.78 is 3.86. The van der Waals surface area contributed by atoms with Crippen molar-refractivity contribution in [2.45, 2.75) is 13.3 Å². The van der Waals surface area contributed by atoms with Gasteiger partial charge in [-0.15, -0.1) is 0 Å². The summed E-state index contributed by atoms with van der Waals surface area (Å²) in [5.41, 5.74) is 0.733. The van der Waals surface area contributed by atoms with Gasteiger partial charge in [0.15, 0.2) is 5.78 Å². The zero-order valence-corrected chi connectivity index (χ0v) is 9.45. The Bertz CT molecular complexity index is 306. The molecule has 0 unspecified atom stereocenters. The molecule has 1 rings (SSSR count). The first kappa shape index (κ1) is 13.7. The zero-order valence-electron chi connectivity index (χ0n) is 8.70. The van der Waals surface area contributed by atoms with Crippen molar-refractivity contribution in [3.63, 3.8) is 0 Å². The summed E-state index contributed by atoms with van der Waals surface area (Å²) >= 11 is 5.65. The molecule has 0 heterocycles. The van der Waals surface area contributed by atoms with E-state index in [2.05, 4.69) is 4.74 Å². The SMILES string of the molecule is CCC(=O)c1ccc(Cl)cc1.COC=O. The average molecular weight is 229 g/mol. The molecule has 0 saturated carbocycles. The van der Waals surface area contributed by atoms with Gasteiger partial charge in [-0.05, 0) is 24.3 Å². The molecule has 0 atom stereocenters. The molecule has 0 aromatic heterocycles. The minimum absolute atomic E-state index is 0.154. The second-order valence-corrected chi connectivity index (χ2v) is 3.05. The van der Waals surface area contributed by atoms with Crippen molar-refractivity contribution in [2.24, 2.45) is 0 Å². The van der Waals surface area contributed by atoms with E-state index in [9.17, 15) is 4.79 Å². The summed E-state index contributed by atoms with van der Waals surface area (Å²) in [6.07, 6.45) is 0.543. The highest BCUT2D eigenvalue weighted by atomic mass is 35.5. The summed E-state index contributed by atoms with van der Waals surface area (Å²) in [6.45, 7) is 2.22. The molecular formula is C11H13ClO3. The van der Waals surface area contributed by atoms with Crippen LogP contribution in [0.1, 0.15) is 23.7 Å². The normalized spacial score (nSPS) is 8.47. The molecule has 1 aromatic carbocycles. The minimum atomic E-state index is 0.154. The summed E-state index contributed by atoms with van der Waals surface area (Å²) in [4.78, 5) is 20.0. The quantitative estimate of drug-likeness (QED) is 0.590. The number of rotatable bonds is 3. The number of Topliss-reactive ketones (excluding diaryl/α,β-unsaturated/α-hetero) is 1. The molecule has 0 amide bonds. The van der Waals surface area contributed by atoms with E-state index in [-0.39, 0.29) is 5.78 Å². The van der Waals surface area contributed by atoms with Gasteiger partial charge < -0.3 is 4.74 Å². The molecule has 1 aromatic rings. The maximum Gasteiger partial charge on any atom is 0.292 e. The lowest BCUT2D eigenvalue weighted by atomic mass is 10.1. The van der Waals surface area contributed by atoms with Crippen molar-refractivity contribution in [1.82, 2.24) is 0 Å². The van der Waals surface area contributed by atoms with Crippen molar-refractivity contribution in [3.8, 4) is 0 Å². The lowest BCUT2D eigenvalue weighted by Gasteiger charge is -1.95. The Hall–Kier alpha value is -1.35. The first-order chi connectivity index (χ1) is 7.15. The highest BCUT2D eigenvalue weighted by Crippen LogP contribution is 2.10. The molecule has 15 heavy (non-hydrogen) atoms. The van der Waals surface area contributed by atoms with Crippen molar-refractivity contribution in [3.05, 3.63) is 34.9 Å². The topological polar surface area (TPSA) is 43.4 Å². The van der Waals surface area contributed by atoms with Crippen LogP contribution in [0.5, 0.6) is 0 Å². The van der Waals surface area contributed by atoms with Gasteiger partial charge in [-0.2, -0.15) is 0 Å². The molecule has 0 radical (unpaired) electrons. The monoisotopic (exact) mass is 228 g/mol. The number of carbonyl (C=O) groups is 2. The second-order valence-electron chi connectivity index (χ2n) is 2.62. The van der Waals surface area contributed by atoms with Crippen molar-refractivity contribution in [2.75, 3.05) is 7.11 Å². The van der Waals surface area contributed by atoms with Crippen LogP contribution in [0.25, 0.3) is 0 Å². The Morgan fingerprint density at radius 1 is 1.40 bits per heavy atom. The summed E-state index contributed by atoms with van der Waals surface area (Å²) in [6, 6.07) is 6.94. The first-order valence-corrected chi connectivity index (χ1v) is 4.78. The van der Waals surface area contributed by atoms with Crippen LogP contribution >= 0.6 is 11.6 Å².